The lowest BCUT2D eigenvalue weighted by Gasteiger charge is -2.16. The van der Waals surface area contributed by atoms with Crippen LogP contribution in [0, 0.1) is 13.8 Å². The highest BCUT2D eigenvalue weighted by molar-refractivity contribution is 5.95. The van der Waals surface area contributed by atoms with Crippen molar-refractivity contribution >= 4 is 11.6 Å². The van der Waals surface area contributed by atoms with Crippen molar-refractivity contribution in [2.75, 3.05) is 7.05 Å². The SMILES string of the molecule is Cc1cc2ncc(C(=O)N(C)Cc3nc(-c4nnc(-c5ccccc5)o4)no3)c(C)n2n1. The van der Waals surface area contributed by atoms with Crippen LogP contribution < -0.4 is 0 Å². The maximum absolute atomic E-state index is 13.0. The van der Waals surface area contributed by atoms with E-state index < -0.39 is 0 Å². The summed E-state index contributed by atoms with van der Waals surface area (Å²) in [4.78, 5) is 23.0. The minimum Gasteiger partial charge on any atom is -0.413 e. The van der Waals surface area contributed by atoms with Gasteiger partial charge < -0.3 is 13.8 Å². The summed E-state index contributed by atoms with van der Waals surface area (Å²) in [6.45, 7) is 3.80. The Morgan fingerprint density at radius 3 is 2.72 bits per heavy atom. The maximum atomic E-state index is 13.0. The molecule has 0 spiro atoms. The Morgan fingerprint density at radius 1 is 1.12 bits per heavy atom. The van der Waals surface area contributed by atoms with Gasteiger partial charge in [-0.15, -0.1) is 10.2 Å². The summed E-state index contributed by atoms with van der Waals surface area (Å²) < 4.78 is 12.6. The maximum Gasteiger partial charge on any atom is 0.289 e. The number of nitrogens with zero attached hydrogens (tertiary/aromatic N) is 8. The molecule has 0 saturated heterocycles. The van der Waals surface area contributed by atoms with E-state index in [1.54, 1.807) is 17.8 Å². The van der Waals surface area contributed by atoms with Gasteiger partial charge in [0.25, 0.3) is 17.6 Å². The lowest BCUT2D eigenvalue weighted by molar-refractivity contribution is 0.0767. The summed E-state index contributed by atoms with van der Waals surface area (Å²) in [7, 11) is 1.64. The van der Waals surface area contributed by atoms with Gasteiger partial charge in [0.05, 0.1) is 17.0 Å². The van der Waals surface area contributed by atoms with Crippen molar-refractivity contribution < 1.29 is 13.7 Å². The van der Waals surface area contributed by atoms with Crippen LogP contribution in [0.2, 0.25) is 0 Å². The number of hydrogen-bond donors (Lipinski definition) is 0. The number of aryl methyl sites for hydroxylation is 2. The van der Waals surface area contributed by atoms with Gasteiger partial charge in [-0.05, 0) is 26.0 Å². The Bertz CT molecular complexity index is 1420. The van der Waals surface area contributed by atoms with Crippen LogP contribution in [0.1, 0.15) is 27.6 Å². The molecule has 0 aliphatic carbocycles. The zero-order valence-corrected chi connectivity index (χ0v) is 17.6. The minimum absolute atomic E-state index is 0.0983. The van der Waals surface area contributed by atoms with Gasteiger partial charge in [0.2, 0.25) is 11.8 Å². The fraction of sp³-hybridized carbons (Fsp3) is 0.190. The highest BCUT2D eigenvalue weighted by Crippen LogP contribution is 2.22. The van der Waals surface area contributed by atoms with Crippen LogP contribution in [-0.2, 0) is 6.54 Å². The van der Waals surface area contributed by atoms with Crippen molar-refractivity contribution in [3.8, 4) is 23.2 Å². The molecule has 5 rings (SSSR count). The van der Waals surface area contributed by atoms with E-state index in [0.717, 1.165) is 11.3 Å². The smallest absolute Gasteiger partial charge is 0.289 e. The fourth-order valence-electron chi connectivity index (χ4n) is 3.27. The number of hydrogen-bond acceptors (Lipinski definition) is 9. The zero-order valence-electron chi connectivity index (χ0n) is 17.6. The second-order valence-electron chi connectivity index (χ2n) is 7.26. The molecular formula is C21H18N8O3. The molecule has 0 bridgehead atoms. The van der Waals surface area contributed by atoms with Crippen molar-refractivity contribution in [1.29, 1.82) is 0 Å². The molecular weight excluding hydrogens is 412 g/mol. The largest absolute Gasteiger partial charge is 0.413 e. The number of rotatable bonds is 5. The van der Waals surface area contributed by atoms with Gasteiger partial charge in [0, 0.05) is 24.9 Å². The van der Waals surface area contributed by atoms with Crippen LogP contribution in [0.3, 0.4) is 0 Å². The number of carbonyl (C=O) groups is 1. The second-order valence-corrected chi connectivity index (χ2v) is 7.26. The van der Waals surface area contributed by atoms with Crippen molar-refractivity contribution in [3.05, 3.63) is 65.4 Å². The molecule has 4 aromatic heterocycles. The normalized spacial score (nSPS) is 11.2. The first kappa shape index (κ1) is 19.5. The molecule has 5 aromatic rings. The molecule has 4 heterocycles. The van der Waals surface area contributed by atoms with E-state index >= 15 is 0 Å². The lowest BCUT2D eigenvalue weighted by Crippen LogP contribution is -2.27. The summed E-state index contributed by atoms with van der Waals surface area (Å²) in [5.74, 6) is 0.631. The van der Waals surface area contributed by atoms with Crippen LogP contribution >= 0.6 is 0 Å². The first-order valence-corrected chi connectivity index (χ1v) is 9.79. The Labute approximate surface area is 181 Å². The van der Waals surface area contributed by atoms with Crippen LogP contribution in [0.4, 0.5) is 0 Å². The number of fused-ring (bicyclic) bond motifs is 1. The summed E-state index contributed by atoms with van der Waals surface area (Å²) in [5, 5.41) is 16.3. The number of carbonyl (C=O) groups excluding carboxylic acids is 1. The van der Waals surface area contributed by atoms with E-state index in [2.05, 4.69) is 30.4 Å². The highest BCUT2D eigenvalue weighted by atomic mass is 16.5. The predicted octanol–water partition coefficient (Wildman–Crippen LogP) is 2.72. The Balaban J connectivity index is 1.33. The number of benzene rings is 1. The zero-order chi connectivity index (χ0) is 22.2. The quantitative estimate of drug-likeness (QED) is 0.413. The predicted molar refractivity (Wildman–Crippen MR) is 111 cm³/mol. The third kappa shape index (κ3) is 3.49. The molecule has 0 radical (unpaired) electrons. The van der Waals surface area contributed by atoms with Crippen LogP contribution in [-0.4, -0.2) is 52.8 Å². The molecule has 11 heteroatoms. The molecule has 1 amide bonds. The second kappa shape index (κ2) is 7.69. The molecule has 11 nitrogen and oxygen atoms in total. The van der Waals surface area contributed by atoms with Gasteiger partial charge in [-0.2, -0.15) is 10.1 Å². The fourth-order valence-corrected chi connectivity index (χ4v) is 3.27. The van der Waals surface area contributed by atoms with Crippen LogP contribution in [0.15, 0.2) is 51.5 Å². The molecule has 0 aliphatic rings. The summed E-state index contributed by atoms with van der Waals surface area (Å²) >= 11 is 0. The molecule has 0 unspecified atom stereocenters. The van der Waals surface area contributed by atoms with Crippen molar-refractivity contribution in [2.45, 2.75) is 20.4 Å². The van der Waals surface area contributed by atoms with E-state index in [9.17, 15) is 4.79 Å². The van der Waals surface area contributed by atoms with Gasteiger partial charge in [0.15, 0.2) is 5.65 Å². The molecule has 0 atom stereocenters. The molecule has 0 fully saturated rings. The lowest BCUT2D eigenvalue weighted by atomic mass is 10.2. The molecule has 32 heavy (non-hydrogen) atoms. The molecule has 1 aromatic carbocycles. The number of amides is 1. The minimum atomic E-state index is -0.242. The van der Waals surface area contributed by atoms with E-state index in [0.29, 0.717) is 22.8 Å². The highest BCUT2D eigenvalue weighted by Gasteiger charge is 2.21. The third-order valence-electron chi connectivity index (χ3n) is 4.90. The monoisotopic (exact) mass is 430 g/mol. The summed E-state index contributed by atoms with van der Waals surface area (Å²) in [6, 6.07) is 11.2. The average Bonchev–Trinajstić information content (AvgIpc) is 3.53. The molecule has 0 N–H and O–H groups in total. The molecule has 0 aliphatic heterocycles. The Morgan fingerprint density at radius 2 is 1.91 bits per heavy atom. The molecule has 160 valence electrons. The van der Waals surface area contributed by atoms with Gasteiger partial charge in [-0.1, -0.05) is 23.4 Å². The summed E-state index contributed by atoms with van der Waals surface area (Å²) in [5.41, 5.74) is 3.44. The van der Waals surface area contributed by atoms with E-state index in [4.69, 9.17) is 8.94 Å². The van der Waals surface area contributed by atoms with Gasteiger partial charge in [0.1, 0.15) is 6.54 Å². The van der Waals surface area contributed by atoms with E-state index in [-0.39, 0.29) is 30.1 Å². The Kier molecular flexibility index (Phi) is 4.70. The topological polar surface area (TPSA) is 128 Å². The van der Waals surface area contributed by atoms with E-state index in [1.165, 1.54) is 4.90 Å². The first-order chi connectivity index (χ1) is 15.5. The van der Waals surface area contributed by atoms with Crippen molar-refractivity contribution in [2.24, 2.45) is 0 Å². The summed E-state index contributed by atoms with van der Waals surface area (Å²) in [6.07, 6.45) is 1.55. The number of aromatic nitrogens is 7. The van der Waals surface area contributed by atoms with Gasteiger partial charge in [-0.25, -0.2) is 9.50 Å². The van der Waals surface area contributed by atoms with Gasteiger partial charge in [-0.3, -0.25) is 4.79 Å². The van der Waals surface area contributed by atoms with Crippen molar-refractivity contribution in [1.82, 2.24) is 39.8 Å². The third-order valence-corrected chi connectivity index (χ3v) is 4.90. The van der Waals surface area contributed by atoms with Gasteiger partial charge >= 0.3 is 0 Å². The first-order valence-electron chi connectivity index (χ1n) is 9.79. The van der Waals surface area contributed by atoms with Crippen molar-refractivity contribution in [3.63, 3.8) is 0 Å². The Hall–Kier alpha value is -4.41. The molecule has 0 saturated carbocycles. The average molecular weight is 430 g/mol. The van der Waals surface area contributed by atoms with E-state index in [1.807, 2.05) is 50.2 Å². The standard InChI is InChI=1S/C21H18N8O3/c1-12-9-16-22-10-15(13(2)29(16)26-12)21(30)28(3)11-17-23-18(27-32-17)20-25-24-19(31-20)14-7-5-4-6-8-14/h4-10H,11H2,1-3H3. The van der Waals surface area contributed by atoms with Crippen LogP contribution in [0.25, 0.3) is 28.8 Å². The van der Waals surface area contributed by atoms with Crippen LogP contribution in [0.5, 0.6) is 0 Å².